The van der Waals surface area contributed by atoms with Crippen LogP contribution in [0, 0.1) is 0 Å². The van der Waals surface area contributed by atoms with Gasteiger partial charge >= 0.3 is 0 Å². The first kappa shape index (κ1) is 26.1. The second-order valence-corrected chi connectivity index (χ2v) is 12.9. The van der Waals surface area contributed by atoms with Crippen molar-refractivity contribution in [3.8, 4) is 10.6 Å². The molecule has 0 amide bonds. The normalized spacial score (nSPS) is 11.8. The number of nitrogens with zero attached hydrogens (tertiary/aromatic N) is 4. The van der Waals surface area contributed by atoms with E-state index in [1.54, 1.807) is 17.7 Å². The molecule has 3 heterocycles. The maximum absolute atomic E-state index is 11.3. The first-order chi connectivity index (χ1) is 19.4. The molecular weight excluding hydrogens is 541 g/mol. The van der Waals surface area contributed by atoms with Crippen LogP contribution in [0.25, 0.3) is 32.4 Å². The van der Waals surface area contributed by atoms with Crippen molar-refractivity contribution >= 4 is 54.5 Å². The molecule has 6 rings (SSSR count). The number of hydrogen-bond donors (Lipinski definition) is 2. The van der Waals surface area contributed by atoms with Gasteiger partial charge in [-0.1, -0.05) is 30.3 Å². The fourth-order valence-electron chi connectivity index (χ4n) is 4.62. The van der Waals surface area contributed by atoms with E-state index >= 15 is 0 Å². The largest absolute Gasteiger partial charge is 0.343 e. The van der Waals surface area contributed by atoms with Gasteiger partial charge < -0.3 is 15.2 Å². The number of thiazole rings is 1. The van der Waals surface area contributed by atoms with E-state index in [-0.39, 0.29) is 5.75 Å². The van der Waals surface area contributed by atoms with E-state index in [0.29, 0.717) is 13.1 Å². The van der Waals surface area contributed by atoms with Gasteiger partial charge in [-0.25, -0.2) is 23.4 Å². The van der Waals surface area contributed by atoms with Crippen molar-refractivity contribution in [2.24, 2.45) is 0 Å². The average Bonchev–Trinajstić information content (AvgIpc) is 3.58. The summed E-state index contributed by atoms with van der Waals surface area (Å²) in [4.78, 5) is 13.7. The lowest BCUT2D eigenvalue weighted by molar-refractivity contribution is 0.596. The molecule has 0 unspecified atom stereocenters. The third-order valence-electron chi connectivity index (χ3n) is 6.62. The molecule has 0 bridgehead atoms. The molecule has 6 aromatic rings. The molecule has 40 heavy (non-hydrogen) atoms. The molecule has 0 aliphatic carbocycles. The van der Waals surface area contributed by atoms with Gasteiger partial charge in [-0.15, -0.1) is 11.3 Å². The van der Waals surface area contributed by atoms with Gasteiger partial charge in [0.25, 0.3) is 0 Å². The van der Waals surface area contributed by atoms with Gasteiger partial charge in [-0.3, -0.25) is 0 Å². The second kappa shape index (κ2) is 11.2. The van der Waals surface area contributed by atoms with Crippen molar-refractivity contribution in [1.82, 2.24) is 24.8 Å². The third kappa shape index (κ3) is 6.04. The summed E-state index contributed by atoms with van der Waals surface area (Å²) in [6.07, 6.45) is 4.93. The predicted molar refractivity (Wildman–Crippen MR) is 163 cm³/mol. The highest BCUT2D eigenvalue weighted by Gasteiger charge is 2.11. The van der Waals surface area contributed by atoms with Crippen molar-refractivity contribution in [3.05, 3.63) is 102 Å². The van der Waals surface area contributed by atoms with Gasteiger partial charge in [0.2, 0.25) is 0 Å². The Kier molecular flexibility index (Phi) is 7.29. The van der Waals surface area contributed by atoms with Gasteiger partial charge in [0.1, 0.15) is 27.0 Å². The maximum Gasteiger partial charge on any atom is 0.148 e. The molecule has 8 nitrogen and oxygen atoms in total. The summed E-state index contributed by atoms with van der Waals surface area (Å²) >= 11 is 1.56. The van der Waals surface area contributed by atoms with Gasteiger partial charge in [0, 0.05) is 65.0 Å². The van der Waals surface area contributed by atoms with E-state index in [2.05, 4.69) is 86.0 Å². The number of anilines is 2. The standard InChI is InChI=1S/C30H28N6O2S2/c1-40(37,38)14-12-31-17-25-19-39-30(35-25)23-7-9-27-26(16-23)29(33-20-32-27)34-24-8-10-28-22(15-24)11-13-36(28)18-21-5-3-2-4-6-21/h2-11,13,15-16,19-20,31H,12,14,17-18H2,1H3,(H,32,33,34). The molecule has 0 saturated carbocycles. The van der Waals surface area contributed by atoms with Crippen molar-refractivity contribution in [2.45, 2.75) is 13.1 Å². The summed E-state index contributed by atoms with van der Waals surface area (Å²) in [5.41, 5.74) is 6.09. The van der Waals surface area contributed by atoms with Crippen LogP contribution in [0.3, 0.4) is 0 Å². The minimum atomic E-state index is -2.98. The molecule has 0 aliphatic rings. The summed E-state index contributed by atoms with van der Waals surface area (Å²) in [6.45, 7) is 1.74. The van der Waals surface area contributed by atoms with Gasteiger partial charge in [-0.05, 0) is 48.0 Å². The lowest BCUT2D eigenvalue weighted by Gasteiger charge is -2.10. The molecule has 0 fully saturated rings. The summed E-state index contributed by atoms with van der Waals surface area (Å²) in [6, 6.07) is 25.0. The fraction of sp³-hybridized carbons (Fsp3) is 0.167. The van der Waals surface area contributed by atoms with Crippen LogP contribution < -0.4 is 10.6 Å². The molecule has 0 radical (unpaired) electrons. The summed E-state index contributed by atoms with van der Waals surface area (Å²) in [5, 5.41) is 11.6. The van der Waals surface area contributed by atoms with Crippen molar-refractivity contribution in [2.75, 3.05) is 23.9 Å². The Bertz CT molecular complexity index is 1900. The smallest absolute Gasteiger partial charge is 0.148 e. The van der Waals surface area contributed by atoms with Crippen molar-refractivity contribution < 1.29 is 8.42 Å². The van der Waals surface area contributed by atoms with Crippen LogP contribution in [0.15, 0.2) is 90.7 Å². The quantitative estimate of drug-likeness (QED) is 0.206. The monoisotopic (exact) mass is 568 g/mol. The number of fused-ring (bicyclic) bond motifs is 2. The number of hydrogen-bond acceptors (Lipinski definition) is 8. The number of rotatable bonds is 10. The SMILES string of the molecule is CS(=O)(=O)CCNCc1csc(-c2ccc3ncnc(Nc4ccc5c(ccn5Cc5ccccc5)c4)c3c2)n1. The molecule has 0 atom stereocenters. The van der Waals surface area contributed by atoms with E-state index in [4.69, 9.17) is 4.98 Å². The van der Waals surface area contributed by atoms with Crippen LogP contribution in [0.4, 0.5) is 11.5 Å². The van der Waals surface area contributed by atoms with E-state index < -0.39 is 9.84 Å². The first-order valence-electron chi connectivity index (χ1n) is 12.9. The number of sulfone groups is 1. The Morgan fingerprint density at radius 2 is 1.85 bits per heavy atom. The molecule has 10 heteroatoms. The Hall–Kier alpha value is -4.12. The highest BCUT2D eigenvalue weighted by molar-refractivity contribution is 7.90. The number of benzene rings is 3. The lowest BCUT2D eigenvalue weighted by Crippen LogP contribution is -2.22. The molecule has 2 N–H and O–H groups in total. The highest BCUT2D eigenvalue weighted by atomic mass is 32.2. The maximum atomic E-state index is 11.3. The van der Waals surface area contributed by atoms with Crippen LogP contribution in [0.1, 0.15) is 11.3 Å². The minimum absolute atomic E-state index is 0.108. The average molecular weight is 569 g/mol. The zero-order valence-corrected chi connectivity index (χ0v) is 23.5. The highest BCUT2D eigenvalue weighted by Crippen LogP contribution is 2.31. The Balaban J connectivity index is 1.21. The fourth-order valence-corrected chi connectivity index (χ4v) is 5.95. The van der Waals surface area contributed by atoms with Crippen molar-refractivity contribution in [1.29, 1.82) is 0 Å². The van der Waals surface area contributed by atoms with Crippen LogP contribution in [0.2, 0.25) is 0 Å². The second-order valence-electron chi connectivity index (χ2n) is 9.73. The molecule has 0 spiro atoms. The molecular formula is C30H28N6O2S2. The first-order valence-corrected chi connectivity index (χ1v) is 15.8. The lowest BCUT2D eigenvalue weighted by atomic mass is 10.1. The van der Waals surface area contributed by atoms with Crippen LogP contribution in [0.5, 0.6) is 0 Å². The van der Waals surface area contributed by atoms with E-state index in [9.17, 15) is 8.42 Å². The number of nitrogens with one attached hydrogen (secondary N) is 2. The topological polar surface area (TPSA) is 102 Å². The molecule has 0 aliphatic heterocycles. The van der Waals surface area contributed by atoms with Crippen LogP contribution >= 0.6 is 11.3 Å². The van der Waals surface area contributed by atoms with E-state index in [0.717, 1.165) is 50.6 Å². The molecule has 202 valence electrons. The predicted octanol–water partition coefficient (Wildman–Crippen LogP) is 5.63. The Morgan fingerprint density at radius 3 is 2.70 bits per heavy atom. The van der Waals surface area contributed by atoms with Gasteiger partial charge in [0.15, 0.2) is 0 Å². The van der Waals surface area contributed by atoms with Crippen molar-refractivity contribution in [3.63, 3.8) is 0 Å². The number of aromatic nitrogens is 4. The van der Waals surface area contributed by atoms with Gasteiger partial charge in [0.05, 0.1) is 17.0 Å². The summed E-state index contributed by atoms with van der Waals surface area (Å²) in [7, 11) is -2.98. The third-order valence-corrected chi connectivity index (χ3v) is 8.51. The van der Waals surface area contributed by atoms with Gasteiger partial charge in [-0.2, -0.15) is 0 Å². The summed E-state index contributed by atoms with van der Waals surface area (Å²) in [5.74, 6) is 0.839. The van der Waals surface area contributed by atoms with Crippen LogP contribution in [-0.2, 0) is 22.9 Å². The Morgan fingerprint density at radius 1 is 0.975 bits per heavy atom. The molecule has 3 aromatic carbocycles. The zero-order valence-electron chi connectivity index (χ0n) is 21.9. The van der Waals surface area contributed by atoms with Crippen LogP contribution in [-0.4, -0.2) is 46.5 Å². The minimum Gasteiger partial charge on any atom is -0.343 e. The summed E-state index contributed by atoms with van der Waals surface area (Å²) < 4.78 is 24.9. The molecule has 0 saturated heterocycles. The zero-order chi connectivity index (χ0) is 27.5. The van der Waals surface area contributed by atoms with E-state index in [1.807, 2.05) is 23.6 Å². The van der Waals surface area contributed by atoms with E-state index in [1.165, 1.54) is 17.3 Å². The molecule has 3 aromatic heterocycles. The Labute approximate surface area is 236 Å².